The molecule has 22 heavy (non-hydrogen) atoms. The first kappa shape index (κ1) is 18.7. The molecule has 126 valence electrons. The number of rotatable bonds is 9. The van der Waals surface area contributed by atoms with E-state index in [4.69, 9.17) is 9.84 Å². The quantitative estimate of drug-likeness (QED) is 0.387. The van der Waals surface area contributed by atoms with Crippen LogP contribution >= 0.6 is 0 Å². The minimum atomic E-state index is -1.12. The normalized spacial score (nSPS) is 25.3. The molecule has 0 bridgehead atoms. The van der Waals surface area contributed by atoms with E-state index in [9.17, 15) is 9.59 Å². The second-order valence-corrected chi connectivity index (χ2v) is 6.32. The van der Waals surface area contributed by atoms with Gasteiger partial charge in [0.15, 0.2) is 0 Å². The van der Waals surface area contributed by atoms with E-state index >= 15 is 0 Å². The third kappa shape index (κ3) is 5.82. The zero-order valence-corrected chi connectivity index (χ0v) is 14.0. The number of hydrogen-bond donors (Lipinski definition) is 1. The summed E-state index contributed by atoms with van der Waals surface area (Å²) in [7, 11) is 0. The van der Waals surface area contributed by atoms with E-state index in [-0.39, 0.29) is 5.60 Å². The Morgan fingerprint density at radius 3 is 2.59 bits per heavy atom. The van der Waals surface area contributed by atoms with Crippen molar-refractivity contribution < 1.29 is 19.4 Å². The summed E-state index contributed by atoms with van der Waals surface area (Å²) in [5.74, 6) is -1.24. The Bertz CT molecular complexity index is 389. The van der Waals surface area contributed by atoms with Gasteiger partial charge in [0.1, 0.15) is 5.60 Å². The maximum absolute atomic E-state index is 12.0. The van der Waals surface area contributed by atoms with Crippen molar-refractivity contribution in [1.29, 1.82) is 0 Å². The molecular weight excluding hydrogens is 280 g/mol. The van der Waals surface area contributed by atoms with Crippen LogP contribution < -0.4 is 0 Å². The van der Waals surface area contributed by atoms with Gasteiger partial charge in [0, 0.05) is 12.2 Å². The maximum Gasteiger partial charge on any atom is 0.331 e. The van der Waals surface area contributed by atoms with Gasteiger partial charge in [-0.25, -0.2) is 9.59 Å². The molecule has 0 aromatic carbocycles. The average Bonchev–Trinajstić information content (AvgIpc) is 2.50. The Balaban J connectivity index is 2.75. The fourth-order valence-electron chi connectivity index (χ4n) is 3.60. The molecule has 0 heterocycles. The zero-order chi connectivity index (χ0) is 16.4. The molecule has 4 nitrogen and oxygen atoms in total. The van der Waals surface area contributed by atoms with Crippen molar-refractivity contribution in [1.82, 2.24) is 0 Å². The highest BCUT2D eigenvalue weighted by Crippen LogP contribution is 2.42. The number of aliphatic carboxylic acids is 1. The van der Waals surface area contributed by atoms with Crippen LogP contribution in [0.1, 0.15) is 78.1 Å². The molecular formula is C18H30O4. The van der Waals surface area contributed by atoms with E-state index in [1.54, 1.807) is 0 Å². The Hall–Kier alpha value is -1.32. The third-order valence-corrected chi connectivity index (χ3v) is 4.76. The van der Waals surface area contributed by atoms with Crippen LogP contribution in [0.25, 0.3) is 0 Å². The molecule has 2 atom stereocenters. The van der Waals surface area contributed by atoms with Gasteiger partial charge in [0.2, 0.25) is 0 Å². The topological polar surface area (TPSA) is 63.6 Å². The van der Waals surface area contributed by atoms with Gasteiger partial charge in [-0.05, 0) is 44.4 Å². The number of ether oxygens (including phenoxy) is 1. The second kappa shape index (κ2) is 9.65. The SMILES string of the molecule is CCCCCCC1(OC(=O)C=CC(=O)O)CCCCC1CC. The zero-order valence-electron chi connectivity index (χ0n) is 14.0. The molecule has 0 radical (unpaired) electrons. The number of hydrogen-bond acceptors (Lipinski definition) is 3. The molecule has 1 aliphatic carbocycles. The van der Waals surface area contributed by atoms with Crippen LogP contribution in [-0.4, -0.2) is 22.6 Å². The van der Waals surface area contributed by atoms with Gasteiger partial charge in [-0.15, -0.1) is 0 Å². The van der Waals surface area contributed by atoms with Crippen molar-refractivity contribution in [3.05, 3.63) is 12.2 Å². The Morgan fingerprint density at radius 1 is 1.18 bits per heavy atom. The minimum Gasteiger partial charge on any atom is -0.478 e. The lowest BCUT2D eigenvalue weighted by molar-refractivity contribution is -0.167. The lowest BCUT2D eigenvalue weighted by atomic mass is 9.71. The Labute approximate surface area is 133 Å². The van der Waals surface area contributed by atoms with Crippen LogP contribution in [0.2, 0.25) is 0 Å². The van der Waals surface area contributed by atoms with Gasteiger partial charge in [-0.3, -0.25) is 0 Å². The van der Waals surface area contributed by atoms with E-state index < -0.39 is 11.9 Å². The molecule has 0 aromatic heterocycles. The molecule has 1 rings (SSSR count). The highest BCUT2D eigenvalue weighted by molar-refractivity contribution is 5.90. The fourth-order valence-corrected chi connectivity index (χ4v) is 3.60. The predicted molar refractivity (Wildman–Crippen MR) is 86.6 cm³/mol. The summed E-state index contributed by atoms with van der Waals surface area (Å²) in [6, 6.07) is 0. The van der Waals surface area contributed by atoms with Gasteiger partial charge in [0.05, 0.1) is 0 Å². The molecule has 1 N–H and O–H groups in total. The van der Waals surface area contributed by atoms with E-state index in [0.29, 0.717) is 5.92 Å². The number of carboxylic acids is 1. The fraction of sp³-hybridized carbons (Fsp3) is 0.778. The van der Waals surface area contributed by atoms with Crippen LogP contribution in [-0.2, 0) is 14.3 Å². The second-order valence-electron chi connectivity index (χ2n) is 6.32. The summed E-state index contributed by atoms with van der Waals surface area (Å²) >= 11 is 0. The van der Waals surface area contributed by atoms with E-state index in [2.05, 4.69) is 13.8 Å². The number of carbonyl (C=O) groups excluding carboxylic acids is 1. The van der Waals surface area contributed by atoms with Crippen molar-refractivity contribution in [3.63, 3.8) is 0 Å². The lowest BCUT2D eigenvalue weighted by Crippen LogP contribution is -2.44. The van der Waals surface area contributed by atoms with Crippen LogP contribution in [0.15, 0.2) is 12.2 Å². The Morgan fingerprint density at radius 2 is 1.95 bits per heavy atom. The molecule has 0 spiro atoms. The first-order valence-corrected chi connectivity index (χ1v) is 8.68. The van der Waals surface area contributed by atoms with Crippen LogP contribution in [0.3, 0.4) is 0 Å². The molecule has 0 aliphatic heterocycles. The smallest absolute Gasteiger partial charge is 0.331 e. The van der Waals surface area contributed by atoms with Crippen molar-refractivity contribution in [2.45, 2.75) is 83.7 Å². The molecule has 0 aromatic rings. The molecule has 1 saturated carbocycles. The van der Waals surface area contributed by atoms with E-state index in [1.165, 1.54) is 19.3 Å². The molecule has 0 saturated heterocycles. The van der Waals surface area contributed by atoms with E-state index in [1.807, 2.05) is 0 Å². The summed E-state index contributed by atoms with van der Waals surface area (Å²) in [5, 5.41) is 8.64. The molecule has 0 amide bonds. The highest BCUT2D eigenvalue weighted by Gasteiger charge is 2.42. The highest BCUT2D eigenvalue weighted by atomic mass is 16.6. The number of carbonyl (C=O) groups is 2. The minimum absolute atomic E-state index is 0.388. The van der Waals surface area contributed by atoms with Gasteiger partial charge < -0.3 is 9.84 Å². The van der Waals surface area contributed by atoms with Crippen molar-refractivity contribution in [2.24, 2.45) is 5.92 Å². The standard InChI is InChI=1S/C18H30O4/c1-3-5-6-8-13-18(14-9-7-10-15(18)4-2)22-17(21)12-11-16(19)20/h11-12,15H,3-10,13-14H2,1-2H3,(H,19,20). The maximum atomic E-state index is 12.0. The van der Waals surface area contributed by atoms with E-state index in [0.717, 1.165) is 57.1 Å². The van der Waals surface area contributed by atoms with Gasteiger partial charge in [-0.2, -0.15) is 0 Å². The molecule has 2 unspecified atom stereocenters. The number of esters is 1. The Kier molecular flexibility index (Phi) is 8.21. The first-order valence-electron chi connectivity index (χ1n) is 8.68. The largest absolute Gasteiger partial charge is 0.478 e. The van der Waals surface area contributed by atoms with Crippen molar-refractivity contribution in [2.75, 3.05) is 0 Å². The number of unbranched alkanes of at least 4 members (excludes halogenated alkanes) is 3. The summed E-state index contributed by atoms with van der Waals surface area (Å²) in [6.07, 6.45) is 12.7. The molecule has 1 aliphatic rings. The van der Waals surface area contributed by atoms with Crippen LogP contribution in [0.4, 0.5) is 0 Å². The van der Waals surface area contributed by atoms with Crippen LogP contribution in [0.5, 0.6) is 0 Å². The van der Waals surface area contributed by atoms with Crippen molar-refractivity contribution in [3.8, 4) is 0 Å². The third-order valence-electron chi connectivity index (χ3n) is 4.76. The summed E-state index contributed by atoms with van der Waals surface area (Å²) < 4.78 is 5.82. The van der Waals surface area contributed by atoms with Gasteiger partial charge >= 0.3 is 11.9 Å². The number of carboxylic acid groups (broad SMARTS) is 1. The molecule has 4 heteroatoms. The first-order chi connectivity index (χ1) is 10.5. The monoisotopic (exact) mass is 310 g/mol. The summed E-state index contributed by atoms with van der Waals surface area (Å²) in [5.41, 5.74) is -0.388. The average molecular weight is 310 g/mol. The van der Waals surface area contributed by atoms with Gasteiger partial charge in [-0.1, -0.05) is 39.5 Å². The van der Waals surface area contributed by atoms with Gasteiger partial charge in [0.25, 0.3) is 0 Å². The van der Waals surface area contributed by atoms with Crippen LogP contribution in [0, 0.1) is 5.92 Å². The summed E-state index contributed by atoms with van der Waals surface area (Å²) in [6.45, 7) is 4.33. The summed E-state index contributed by atoms with van der Waals surface area (Å²) in [4.78, 5) is 22.5. The predicted octanol–water partition coefficient (Wildman–Crippen LogP) is 4.48. The lowest BCUT2D eigenvalue weighted by Gasteiger charge is -2.43. The van der Waals surface area contributed by atoms with Crippen molar-refractivity contribution >= 4 is 11.9 Å². The molecule has 1 fully saturated rings.